The van der Waals surface area contributed by atoms with Crippen molar-refractivity contribution in [1.29, 1.82) is 0 Å². The minimum absolute atomic E-state index is 0.119. The van der Waals surface area contributed by atoms with E-state index in [1.165, 1.54) is 6.39 Å². The van der Waals surface area contributed by atoms with Crippen LogP contribution in [-0.4, -0.2) is 32.5 Å². The molecular weight excluding hydrogens is 272 g/mol. The molecule has 2 aromatic rings. The lowest BCUT2D eigenvalue weighted by Gasteiger charge is -2.21. The Morgan fingerprint density at radius 1 is 1.43 bits per heavy atom. The molecule has 1 atom stereocenters. The molecular formula is C14H18N4O3. The van der Waals surface area contributed by atoms with E-state index < -0.39 is 0 Å². The van der Waals surface area contributed by atoms with Crippen molar-refractivity contribution >= 4 is 5.91 Å². The highest BCUT2D eigenvalue weighted by atomic mass is 16.5. The Bertz CT molecular complexity index is 634. The number of oxazole rings is 1. The quantitative estimate of drug-likeness (QED) is 0.857. The van der Waals surface area contributed by atoms with Crippen molar-refractivity contribution in [2.24, 2.45) is 0 Å². The van der Waals surface area contributed by atoms with Crippen molar-refractivity contribution in [2.75, 3.05) is 6.54 Å². The van der Waals surface area contributed by atoms with Crippen LogP contribution in [0.1, 0.15) is 60.7 Å². The van der Waals surface area contributed by atoms with Gasteiger partial charge in [-0.05, 0) is 12.8 Å². The molecule has 0 aromatic carbocycles. The van der Waals surface area contributed by atoms with Crippen LogP contribution in [0.3, 0.4) is 0 Å². The van der Waals surface area contributed by atoms with Gasteiger partial charge in [0.05, 0.1) is 6.04 Å². The molecule has 0 radical (unpaired) electrons. The van der Waals surface area contributed by atoms with Crippen molar-refractivity contribution in [3.63, 3.8) is 0 Å². The fourth-order valence-electron chi connectivity index (χ4n) is 2.66. The van der Waals surface area contributed by atoms with E-state index in [0.29, 0.717) is 42.6 Å². The average molecular weight is 290 g/mol. The Balaban J connectivity index is 1.85. The molecule has 1 aliphatic rings. The molecule has 1 amide bonds. The molecule has 7 heteroatoms. The SMILES string of the molecule is CCc1nc([C@@H]2CCCN2C(=O)c2ncoc2CC)no1. The van der Waals surface area contributed by atoms with Crippen LogP contribution in [0.25, 0.3) is 0 Å². The largest absolute Gasteiger partial charge is 0.448 e. The topological polar surface area (TPSA) is 85.3 Å². The Labute approximate surface area is 122 Å². The molecule has 21 heavy (non-hydrogen) atoms. The molecule has 0 spiro atoms. The highest BCUT2D eigenvalue weighted by molar-refractivity contribution is 5.93. The smallest absolute Gasteiger partial charge is 0.276 e. The normalized spacial score (nSPS) is 18.4. The number of aryl methyl sites for hydroxylation is 2. The summed E-state index contributed by atoms with van der Waals surface area (Å²) >= 11 is 0. The van der Waals surface area contributed by atoms with Gasteiger partial charge in [-0.2, -0.15) is 4.98 Å². The molecule has 2 aromatic heterocycles. The van der Waals surface area contributed by atoms with Gasteiger partial charge in [-0.25, -0.2) is 4.98 Å². The molecule has 0 N–H and O–H groups in total. The van der Waals surface area contributed by atoms with Gasteiger partial charge in [0.25, 0.3) is 5.91 Å². The number of carbonyl (C=O) groups is 1. The molecule has 112 valence electrons. The lowest BCUT2D eigenvalue weighted by molar-refractivity contribution is 0.0720. The lowest BCUT2D eigenvalue weighted by Crippen LogP contribution is -2.32. The zero-order valence-electron chi connectivity index (χ0n) is 12.2. The van der Waals surface area contributed by atoms with Gasteiger partial charge in [0.2, 0.25) is 5.89 Å². The zero-order chi connectivity index (χ0) is 14.8. The maximum Gasteiger partial charge on any atom is 0.276 e. The van der Waals surface area contributed by atoms with Gasteiger partial charge >= 0.3 is 0 Å². The summed E-state index contributed by atoms with van der Waals surface area (Å²) in [6.07, 6.45) is 4.42. The summed E-state index contributed by atoms with van der Waals surface area (Å²) in [6.45, 7) is 4.57. The average Bonchev–Trinajstić information content (AvgIpc) is 3.23. The Hall–Kier alpha value is -2.18. The third kappa shape index (κ3) is 2.43. The van der Waals surface area contributed by atoms with Crippen LogP contribution >= 0.6 is 0 Å². The summed E-state index contributed by atoms with van der Waals surface area (Å²) in [7, 11) is 0. The van der Waals surface area contributed by atoms with Gasteiger partial charge in [-0.1, -0.05) is 19.0 Å². The third-order valence-corrected chi connectivity index (χ3v) is 3.76. The first kappa shape index (κ1) is 13.8. The molecule has 0 bridgehead atoms. The molecule has 1 saturated heterocycles. The second-order valence-corrected chi connectivity index (χ2v) is 5.03. The maximum atomic E-state index is 12.7. The standard InChI is InChI=1S/C14H18N4O3/c1-3-10-12(15-8-20-10)14(19)18-7-5-6-9(18)13-16-11(4-2)21-17-13/h8-9H,3-7H2,1-2H3/t9-/m0/s1. The van der Waals surface area contributed by atoms with Crippen LogP contribution in [0.2, 0.25) is 0 Å². The number of amides is 1. The van der Waals surface area contributed by atoms with E-state index in [0.717, 1.165) is 12.8 Å². The van der Waals surface area contributed by atoms with Crippen molar-refractivity contribution in [3.05, 3.63) is 29.6 Å². The zero-order valence-corrected chi connectivity index (χ0v) is 12.2. The van der Waals surface area contributed by atoms with Crippen LogP contribution < -0.4 is 0 Å². The highest BCUT2D eigenvalue weighted by Crippen LogP contribution is 2.31. The summed E-state index contributed by atoms with van der Waals surface area (Å²) in [4.78, 5) is 22.8. The Kier molecular flexibility index (Phi) is 3.72. The summed E-state index contributed by atoms with van der Waals surface area (Å²) in [6, 6.07) is -0.136. The van der Waals surface area contributed by atoms with E-state index >= 15 is 0 Å². The second kappa shape index (κ2) is 5.67. The van der Waals surface area contributed by atoms with Gasteiger partial charge in [-0.3, -0.25) is 4.79 Å². The van der Waals surface area contributed by atoms with Crippen LogP contribution in [-0.2, 0) is 12.8 Å². The Morgan fingerprint density at radius 2 is 2.29 bits per heavy atom. The minimum Gasteiger partial charge on any atom is -0.448 e. The second-order valence-electron chi connectivity index (χ2n) is 5.03. The van der Waals surface area contributed by atoms with Crippen molar-refractivity contribution in [3.8, 4) is 0 Å². The number of nitrogens with zero attached hydrogens (tertiary/aromatic N) is 4. The molecule has 0 saturated carbocycles. The van der Waals surface area contributed by atoms with Crippen LogP contribution in [0.5, 0.6) is 0 Å². The van der Waals surface area contributed by atoms with E-state index in [-0.39, 0.29) is 11.9 Å². The molecule has 7 nitrogen and oxygen atoms in total. The molecule has 1 aliphatic heterocycles. The summed E-state index contributed by atoms with van der Waals surface area (Å²) in [5.74, 6) is 1.68. The monoisotopic (exact) mass is 290 g/mol. The maximum absolute atomic E-state index is 12.7. The molecule has 0 unspecified atom stereocenters. The van der Waals surface area contributed by atoms with Crippen LogP contribution in [0, 0.1) is 0 Å². The fraction of sp³-hybridized carbons (Fsp3) is 0.571. The molecule has 1 fully saturated rings. The number of hydrogen-bond donors (Lipinski definition) is 0. The number of aromatic nitrogens is 3. The van der Waals surface area contributed by atoms with Crippen LogP contribution in [0.15, 0.2) is 15.3 Å². The van der Waals surface area contributed by atoms with Crippen molar-refractivity contribution in [1.82, 2.24) is 20.0 Å². The first-order valence-electron chi connectivity index (χ1n) is 7.30. The van der Waals surface area contributed by atoms with E-state index in [4.69, 9.17) is 8.94 Å². The number of hydrogen-bond acceptors (Lipinski definition) is 6. The fourth-order valence-corrected chi connectivity index (χ4v) is 2.66. The van der Waals surface area contributed by atoms with Gasteiger partial charge in [0.1, 0.15) is 5.76 Å². The number of rotatable bonds is 4. The van der Waals surface area contributed by atoms with E-state index in [1.54, 1.807) is 4.90 Å². The Morgan fingerprint density at radius 3 is 3.00 bits per heavy atom. The molecule has 3 rings (SSSR count). The third-order valence-electron chi connectivity index (χ3n) is 3.76. The van der Waals surface area contributed by atoms with Gasteiger partial charge in [0.15, 0.2) is 17.9 Å². The number of carbonyl (C=O) groups excluding carboxylic acids is 1. The van der Waals surface area contributed by atoms with Gasteiger partial charge < -0.3 is 13.8 Å². The first-order valence-corrected chi connectivity index (χ1v) is 7.30. The van der Waals surface area contributed by atoms with Crippen LogP contribution in [0.4, 0.5) is 0 Å². The summed E-state index contributed by atoms with van der Waals surface area (Å²) in [5, 5.41) is 4.00. The summed E-state index contributed by atoms with van der Waals surface area (Å²) in [5.41, 5.74) is 0.392. The first-order chi connectivity index (χ1) is 10.2. The van der Waals surface area contributed by atoms with E-state index in [9.17, 15) is 4.79 Å². The lowest BCUT2D eigenvalue weighted by atomic mass is 10.2. The van der Waals surface area contributed by atoms with Crippen molar-refractivity contribution in [2.45, 2.75) is 45.6 Å². The minimum atomic E-state index is -0.136. The number of likely N-dealkylation sites (tertiary alicyclic amines) is 1. The van der Waals surface area contributed by atoms with Gasteiger partial charge in [-0.15, -0.1) is 0 Å². The predicted molar refractivity (Wildman–Crippen MR) is 72.6 cm³/mol. The van der Waals surface area contributed by atoms with Crippen molar-refractivity contribution < 1.29 is 13.7 Å². The molecule has 3 heterocycles. The summed E-state index contributed by atoms with van der Waals surface area (Å²) < 4.78 is 10.4. The predicted octanol–water partition coefficient (Wildman–Crippen LogP) is 2.16. The van der Waals surface area contributed by atoms with E-state index in [1.807, 2.05) is 13.8 Å². The highest BCUT2D eigenvalue weighted by Gasteiger charge is 2.35. The molecule has 0 aliphatic carbocycles. The van der Waals surface area contributed by atoms with Gasteiger partial charge in [0, 0.05) is 19.4 Å². The van der Waals surface area contributed by atoms with E-state index in [2.05, 4.69) is 15.1 Å².